The average molecular weight is 455 g/mol. The number of nitro benzene ring substituents is 1. The molecule has 3 N–H and O–H groups in total. The predicted molar refractivity (Wildman–Crippen MR) is 123 cm³/mol. The van der Waals surface area contributed by atoms with Gasteiger partial charge in [-0.25, -0.2) is 0 Å². The summed E-state index contributed by atoms with van der Waals surface area (Å²) in [5.74, 6) is -0.880. The molecule has 0 bridgehead atoms. The van der Waals surface area contributed by atoms with Gasteiger partial charge >= 0.3 is 0 Å². The maximum absolute atomic E-state index is 12.3. The number of anilines is 2. The van der Waals surface area contributed by atoms with E-state index < -0.39 is 10.8 Å². The molecule has 0 fully saturated rings. The fourth-order valence-corrected chi connectivity index (χ4v) is 2.97. The minimum atomic E-state index is -0.583. The van der Waals surface area contributed by atoms with Crippen LogP contribution < -0.4 is 16.0 Å². The van der Waals surface area contributed by atoms with Crippen LogP contribution >= 0.6 is 23.8 Å². The molecule has 0 atom stereocenters. The number of halogens is 1. The fraction of sp³-hybridized carbons (Fsp3) is 0. The van der Waals surface area contributed by atoms with Crippen LogP contribution in [0.2, 0.25) is 5.02 Å². The van der Waals surface area contributed by atoms with Gasteiger partial charge in [0.15, 0.2) is 5.11 Å². The molecule has 0 aliphatic heterocycles. The van der Waals surface area contributed by atoms with E-state index in [1.807, 2.05) is 0 Å². The second-order valence-electron chi connectivity index (χ2n) is 6.26. The van der Waals surface area contributed by atoms with Crippen molar-refractivity contribution in [2.45, 2.75) is 0 Å². The van der Waals surface area contributed by atoms with Crippen molar-refractivity contribution < 1.29 is 14.5 Å². The number of rotatable bonds is 5. The topological polar surface area (TPSA) is 113 Å². The van der Waals surface area contributed by atoms with Crippen LogP contribution in [0.1, 0.15) is 20.7 Å². The minimum Gasteiger partial charge on any atom is -0.332 e. The first-order valence-corrected chi connectivity index (χ1v) is 9.64. The van der Waals surface area contributed by atoms with Crippen LogP contribution in [-0.2, 0) is 0 Å². The van der Waals surface area contributed by atoms with Gasteiger partial charge in [-0.05, 0) is 60.7 Å². The summed E-state index contributed by atoms with van der Waals surface area (Å²) in [6, 6.07) is 18.6. The van der Waals surface area contributed by atoms with Crippen molar-refractivity contribution in [1.29, 1.82) is 0 Å². The maximum Gasteiger partial charge on any atom is 0.270 e. The molecule has 0 aliphatic rings. The van der Waals surface area contributed by atoms with Crippen molar-refractivity contribution in [3.63, 3.8) is 0 Å². The first kappa shape index (κ1) is 21.9. The number of hydrogen-bond acceptors (Lipinski definition) is 5. The molecule has 0 unspecified atom stereocenters. The first-order chi connectivity index (χ1) is 14.8. The van der Waals surface area contributed by atoms with E-state index in [1.165, 1.54) is 18.2 Å². The molecular formula is C21H15ClN4O4S. The molecule has 0 aliphatic carbocycles. The lowest BCUT2D eigenvalue weighted by molar-refractivity contribution is -0.384. The number of nitrogens with one attached hydrogen (secondary N) is 3. The molecule has 0 saturated heterocycles. The average Bonchev–Trinajstić information content (AvgIpc) is 2.75. The molecule has 0 aromatic heterocycles. The smallest absolute Gasteiger partial charge is 0.270 e. The third-order valence-electron chi connectivity index (χ3n) is 4.03. The van der Waals surface area contributed by atoms with Crippen molar-refractivity contribution in [2.24, 2.45) is 0 Å². The Kier molecular flexibility index (Phi) is 6.91. The van der Waals surface area contributed by atoms with E-state index in [4.69, 9.17) is 23.8 Å². The van der Waals surface area contributed by atoms with Crippen molar-refractivity contribution in [3.8, 4) is 0 Å². The molecule has 3 aromatic carbocycles. The number of benzene rings is 3. The zero-order chi connectivity index (χ0) is 22.4. The zero-order valence-corrected chi connectivity index (χ0v) is 17.4. The van der Waals surface area contributed by atoms with Crippen molar-refractivity contribution in [1.82, 2.24) is 5.32 Å². The van der Waals surface area contributed by atoms with E-state index in [1.54, 1.807) is 48.5 Å². The van der Waals surface area contributed by atoms with Crippen LogP contribution in [0, 0.1) is 10.1 Å². The van der Waals surface area contributed by atoms with Crippen LogP contribution in [0.4, 0.5) is 17.1 Å². The number of hydrogen-bond donors (Lipinski definition) is 3. The molecule has 0 heterocycles. The van der Waals surface area contributed by atoms with Gasteiger partial charge in [-0.3, -0.25) is 25.0 Å². The Balaban J connectivity index is 1.57. The van der Waals surface area contributed by atoms with E-state index in [0.717, 1.165) is 6.07 Å². The Morgan fingerprint density at radius 1 is 0.839 bits per heavy atom. The van der Waals surface area contributed by atoms with E-state index in [9.17, 15) is 19.7 Å². The summed E-state index contributed by atoms with van der Waals surface area (Å²) < 4.78 is 0. The summed E-state index contributed by atoms with van der Waals surface area (Å²) in [7, 11) is 0. The van der Waals surface area contributed by atoms with Gasteiger partial charge in [0.05, 0.1) is 4.92 Å². The summed E-state index contributed by atoms with van der Waals surface area (Å²) in [6.45, 7) is 0. The fourth-order valence-electron chi connectivity index (χ4n) is 2.57. The normalized spacial score (nSPS) is 10.1. The summed E-state index contributed by atoms with van der Waals surface area (Å²) in [5, 5.41) is 19.4. The maximum atomic E-state index is 12.3. The van der Waals surface area contributed by atoms with Gasteiger partial charge in [-0.2, -0.15) is 0 Å². The highest BCUT2D eigenvalue weighted by atomic mass is 35.5. The SMILES string of the molecule is O=C(NC(=S)Nc1ccc(NC(=O)c2cccc(Cl)c2)cc1)c1cccc([N+](=O)[O-])c1. The minimum absolute atomic E-state index is 0.0206. The molecule has 2 amide bonds. The first-order valence-electron chi connectivity index (χ1n) is 8.85. The van der Waals surface area contributed by atoms with Crippen molar-refractivity contribution >= 4 is 57.8 Å². The Bertz CT molecular complexity index is 1170. The van der Waals surface area contributed by atoms with E-state index in [-0.39, 0.29) is 22.3 Å². The molecule has 0 radical (unpaired) electrons. The Hall–Kier alpha value is -3.82. The second kappa shape index (κ2) is 9.79. The highest BCUT2D eigenvalue weighted by Gasteiger charge is 2.13. The number of carbonyl (C=O) groups is 2. The number of nitrogens with zero attached hydrogens (tertiary/aromatic N) is 1. The summed E-state index contributed by atoms with van der Waals surface area (Å²) in [5.41, 5.74) is 1.48. The molecule has 0 saturated carbocycles. The zero-order valence-electron chi connectivity index (χ0n) is 15.8. The summed E-state index contributed by atoms with van der Waals surface area (Å²) in [4.78, 5) is 34.7. The number of nitro groups is 1. The number of carbonyl (C=O) groups excluding carboxylic acids is 2. The number of amides is 2. The van der Waals surface area contributed by atoms with Crippen LogP contribution in [0.5, 0.6) is 0 Å². The third-order valence-corrected chi connectivity index (χ3v) is 4.47. The Labute approximate surface area is 187 Å². The van der Waals surface area contributed by atoms with Gasteiger partial charge in [0.1, 0.15) is 0 Å². The largest absolute Gasteiger partial charge is 0.332 e. The standard InChI is InChI=1S/C21H15ClN4O4S/c22-15-5-1-3-13(11-15)19(27)23-16-7-9-17(10-8-16)24-21(31)25-20(28)14-4-2-6-18(12-14)26(29)30/h1-12H,(H,23,27)(H2,24,25,28,31). The Morgan fingerprint density at radius 3 is 2.03 bits per heavy atom. The van der Waals surface area contributed by atoms with Crippen LogP contribution in [-0.4, -0.2) is 21.9 Å². The van der Waals surface area contributed by atoms with Crippen LogP contribution in [0.15, 0.2) is 72.8 Å². The number of non-ortho nitro benzene ring substituents is 1. The van der Waals surface area contributed by atoms with E-state index >= 15 is 0 Å². The predicted octanol–water partition coefficient (Wildman–Crippen LogP) is 4.63. The molecule has 10 heteroatoms. The lowest BCUT2D eigenvalue weighted by atomic mass is 10.2. The quantitative estimate of drug-likeness (QED) is 0.294. The molecule has 31 heavy (non-hydrogen) atoms. The van der Waals surface area contributed by atoms with Crippen molar-refractivity contribution in [2.75, 3.05) is 10.6 Å². The highest BCUT2D eigenvalue weighted by molar-refractivity contribution is 7.80. The molecule has 3 aromatic rings. The van der Waals surface area contributed by atoms with Crippen LogP contribution in [0.25, 0.3) is 0 Å². The van der Waals surface area contributed by atoms with Crippen LogP contribution in [0.3, 0.4) is 0 Å². The lowest BCUT2D eigenvalue weighted by Gasteiger charge is -2.11. The highest BCUT2D eigenvalue weighted by Crippen LogP contribution is 2.17. The van der Waals surface area contributed by atoms with E-state index in [2.05, 4.69) is 16.0 Å². The molecule has 3 rings (SSSR count). The van der Waals surface area contributed by atoms with E-state index in [0.29, 0.717) is 22.0 Å². The lowest BCUT2D eigenvalue weighted by Crippen LogP contribution is -2.34. The molecule has 0 spiro atoms. The van der Waals surface area contributed by atoms with Gasteiger partial charge in [-0.1, -0.05) is 23.7 Å². The molecule has 8 nitrogen and oxygen atoms in total. The summed E-state index contributed by atoms with van der Waals surface area (Å²) in [6.07, 6.45) is 0. The number of thiocarbonyl (C=S) groups is 1. The molecular weight excluding hydrogens is 440 g/mol. The van der Waals surface area contributed by atoms with Gasteiger partial charge in [-0.15, -0.1) is 0 Å². The second-order valence-corrected chi connectivity index (χ2v) is 7.10. The Morgan fingerprint density at radius 2 is 1.42 bits per heavy atom. The van der Waals surface area contributed by atoms with Crippen molar-refractivity contribution in [3.05, 3.63) is 99.1 Å². The van der Waals surface area contributed by atoms with Gasteiger partial charge in [0, 0.05) is 39.7 Å². The van der Waals surface area contributed by atoms with Gasteiger partial charge < -0.3 is 10.6 Å². The third kappa shape index (κ3) is 6.08. The summed E-state index contributed by atoms with van der Waals surface area (Å²) >= 11 is 11.0. The molecule has 156 valence electrons. The van der Waals surface area contributed by atoms with Gasteiger partial charge in [0.25, 0.3) is 17.5 Å². The van der Waals surface area contributed by atoms with Gasteiger partial charge in [0.2, 0.25) is 0 Å². The monoisotopic (exact) mass is 454 g/mol.